The van der Waals surface area contributed by atoms with Crippen LogP contribution >= 0.6 is 0 Å². The van der Waals surface area contributed by atoms with Crippen molar-refractivity contribution in [3.8, 4) is 11.3 Å². The lowest BCUT2D eigenvalue weighted by Crippen LogP contribution is -2.36. The van der Waals surface area contributed by atoms with E-state index in [2.05, 4.69) is 32.0 Å². The molecule has 22 heavy (non-hydrogen) atoms. The summed E-state index contributed by atoms with van der Waals surface area (Å²) in [5.41, 5.74) is 5.37. The fraction of sp³-hybridized carbons (Fsp3) is 0.211. The Labute approximate surface area is 132 Å². The maximum Gasteiger partial charge on any atom is 0.272 e. The molecule has 0 N–H and O–H groups in total. The average molecular weight is 309 g/mol. The molecule has 112 valence electrons. The van der Waals surface area contributed by atoms with Crippen molar-refractivity contribution in [2.75, 3.05) is 0 Å². The first-order chi connectivity index (χ1) is 10.3. The normalized spacial score (nSPS) is 11.9. The summed E-state index contributed by atoms with van der Waals surface area (Å²) in [5, 5.41) is 1.76. The number of hydrogen-bond donors (Lipinski definition) is 0. The Hall–Kier alpha value is -2.00. The van der Waals surface area contributed by atoms with Gasteiger partial charge in [0, 0.05) is 10.9 Å². The Morgan fingerprint density at radius 1 is 0.909 bits per heavy atom. The van der Waals surface area contributed by atoms with E-state index >= 15 is 0 Å². The molecule has 2 aromatic carbocycles. The Morgan fingerprint density at radius 3 is 2.23 bits per heavy atom. The van der Waals surface area contributed by atoms with E-state index in [0.717, 1.165) is 27.3 Å². The number of hydrogen-bond acceptors (Lipinski definition) is 1. The molecule has 0 atom stereocenters. The van der Waals surface area contributed by atoms with Gasteiger partial charge in [0.2, 0.25) is 0 Å². The summed E-state index contributed by atoms with van der Waals surface area (Å²) in [7, 11) is -2.85. The summed E-state index contributed by atoms with van der Waals surface area (Å²) in [5.74, 6) is 0. The van der Waals surface area contributed by atoms with Crippen LogP contribution in [0.1, 0.15) is 11.1 Å². The lowest BCUT2D eigenvalue weighted by Gasteiger charge is -2.15. The van der Waals surface area contributed by atoms with E-state index in [-0.39, 0.29) is 0 Å². The van der Waals surface area contributed by atoms with Gasteiger partial charge in [-0.3, -0.25) is 0 Å². The zero-order valence-corrected chi connectivity index (χ0v) is 14.4. The van der Waals surface area contributed by atoms with Gasteiger partial charge in [0.05, 0.1) is 11.2 Å². The molecule has 0 spiro atoms. The molecule has 3 heteroatoms. The van der Waals surface area contributed by atoms with Crippen LogP contribution in [0, 0.1) is 13.8 Å². The zero-order chi connectivity index (χ0) is 15.9. The summed E-state index contributed by atoms with van der Waals surface area (Å²) < 4.78 is 14.5. The van der Waals surface area contributed by atoms with Crippen molar-refractivity contribution < 1.29 is 4.11 Å². The number of halogens is 1. The lowest BCUT2D eigenvalue weighted by molar-refractivity contribution is 0.822. The average Bonchev–Trinajstić information content (AvgIpc) is 2.44. The van der Waals surface area contributed by atoms with Gasteiger partial charge < -0.3 is 4.11 Å². The summed E-state index contributed by atoms with van der Waals surface area (Å²) in [6, 6.07) is 16.2. The maximum atomic E-state index is 14.5. The number of fused-ring (bicyclic) bond motifs is 1. The molecule has 3 rings (SSSR count). The molecular formula is C19H20FNSi. The first-order valence-electron chi connectivity index (χ1n) is 7.52. The van der Waals surface area contributed by atoms with Gasteiger partial charge in [0.15, 0.2) is 0 Å². The van der Waals surface area contributed by atoms with Crippen molar-refractivity contribution in [3.05, 3.63) is 59.7 Å². The quantitative estimate of drug-likeness (QED) is 0.484. The van der Waals surface area contributed by atoms with E-state index in [1.165, 1.54) is 11.1 Å². The third kappa shape index (κ3) is 2.81. The molecule has 0 bridgehead atoms. The SMILES string of the molecule is Cc1cc(C)cc(-c2ccc3c([Si](C)(C)F)cccc3n2)c1. The predicted molar refractivity (Wildman–Crippen MR) is 94.9 cm³/mol. The fourth-order valence-corrected chi connectivity index (χ4v) is 4.30. The Bertz CT molecular complexity index is 829. The highest BCUT2D eigenvalue weighted by Crippen LogP contribution is 2.23. The fourth-order valence-electron chi connectivity index (χ4n) is 2.96. The summed E-state index contributed by atoms with van der Waals surface area (Å²) in [6.45, 7) is 7.62. The van der Waals surface area contributed by atoms with Gasteiger partial charge in [0.1, 0.15) is 0 Å². The van der Waals surface area contributed by atoms with Gasteiger partial charge in [-0.15, -0.1) is 0 Å². The summed E-state index contributed by atoms with van der Waals surface area (Å²) >= 11 is 0. The van der Waals surface area contributed by atoms with Crippen molar-refractivity contribution in [2.45, 2.75) is 26.9 Å². The van der Waals surface area contributed by atoms with E-state index < -0.39 is 8.41 Å². The highest BCUT2D eigenvalue weighted by molar-refractivity contribution is 6.85. The van der Waals surface area contributed by atoms with Crippen LogP contribution in [-0.2, 0) is 0 Å². The molecule has 0 aliphatic rings. The molecule has 0 saturated carbocycles. The highest BCUT2D eigenvalue weighted by atomic mass is 28.4. The van der Waals surface area contributed by atoms with E-state index in [1.54, 1.807) is 13.1 Å². The zero-order valence-electron chi connectivity index (χ0n) is 13.4. The molecule has 3 aromatic rings. The van der Waals surface area contributed by atoms with Crippen LogP contribution < -0.4 is 5.19 Å². The summed E-state index contributed by atoms with van der Waals surface area (Å²) in [4.78, 5) is 4.76. The van der Waals surface area contributed by atoms with Crippen LogP contribution in [0.2, 0.25) is 13.1 Å². The van der Waals surface area contributed by atoms with Crippen LogP contribution in [0.15, 0.2) is 48.5 Å². The van der Waals surface area contributed by atoms with Crippen LogP contribution in [0.3, 0.4) is 0 Å². The molecule has 0 aliphatic heterocycles. The Kier molecular flexibility index (Phi) is 3.61. The molecule has 1 heterocycles. The first-order valence-corrected chi connectivity index (χ1v) is 10.4. The van der Waals surface area contributed by atoms with E-state index in [1.807, 2.05) is 30.3 Å². The van der Waals surface area contributed by atoms with Crippen molar-refractivity contribution in [1.82, 2.24) is 4.98 Å². The summed E-state index contributed by atoms with van der Waals surface area (Å²) in [6.07, 6.45) is 0. The molecule has 0 unspecified atom stereocenters. The van der Waals surface area contributed by atoms with Crippen LogP contribution in [-0.4, -0.2) is 13.4 Å². The third-order valence-corrected chi connectivity index (χ3v) is 5.61. The lowest BCUT2D eigenvalue weighted by atomic mass is 10.0. The number of rotatable bonds is 2. The van der Waals surface area contributed by atoms with Gasteiger partial charge in [-0.25, -0.2) is 4.98 Å². The maximum absolute atomic E-state index is 14.5. The number of aromatic nitrogens is 1. The molecule has 1 nitrogen and oxygen atoms in total. The molecule has 0 fully saturated rings. The minimum Gasteiger partial charge on any atom is -0.308 e. The largest absolute Gasteiger partial charge is 0.308 e. The highest BCUT2D eigenvalue weighted by Gasteiger charge is 2.25. The minimum atomic E-state index is -2.85. The van der Waals surface area contributed by atoms with Crippen LogP contribution in [0.5, 0.6) is 0 Å². The van der Waals surface area contributed by atoms with Gasteiger partial charge in [-0.1, -0.05) is 35.4 Å². The van der Waals surface area contributed by atoms with Gasteiger partial charge in [-0.05, 0) is 56.4 Å². The molecule has 0 amide bonds. The van der Waals surface area contributed by atoms with Crippen LogP contribution in [0.4, 0.5) is 4.11 Å². The Morgan fingerprint density at radius 2 is 1.59 bits per heavy atom. The van der Waals surface area contributed by atoms with E-state index in [9.17, 15) is 4.11 Å². The monoisotopic (exact) mass is 309 g/mol. The third-order valence-electron chi connectivity index (χ3n) is 3.89. The molecule has 0 aliphatic carbocycles. The second-order valence-corrected chi connectivity index (χ2v) is 9.90. The smallest absolute Gasteiger partial charge is 0.272 e. The number of benzene rings is 2. The van der Waals surface area contributed by atoms with Crippen molar-refractivity contribution in [2.24, 2.45) is 0 Å². The number of aryl methyl sites for hydroxylation is 2. The first kappa shape index (κ1) is 14.9. The van der Waals surface area contributed by atoms with Crippen molar-refractivity contribution in [1.29, 1.82) is 0 Å². The van der Waals surface area contributed by atoms with Gasteiger partial charge in [0.25, 0.3) is 8.41 Å². The Balaban J connectivity index is 2.19. The van der Waals surface area contributed by atoms with E-state index in [4.69, 9.17) is 4.98 Å². The second kappa shape index (κ2) is 5.32. The minimum absolute atomic E-state index is 0.824. The van der Waals surface area contributed by atoms with Gasteiger partial charge in [-0.2, -0.15) is 0 Å². The number of pyridine rings is 1. The molecule has 0 radical (unpaired) electrons. The van der Waals surface area contributed by atoms with Crippen LogP contribution in [0.25, 0.3) is 22.2 Å². The predicted octanol–water partition coefficient (Wildman–Crippen LogP) is 4.90. The van der Waals surface area contributed by atoms with E-state index in [0.29, 0.717) is 0 Å². The molecule has 1 aromatic heterocycles. The van der Waals surface area contributed by atoms with Gasteiger partial charge >= 0.3 is 0 Å². The van der Waals surface area contributed by atoms with Crippen molar-refractivity contribution in [3.63, 3.8) is 0 Å². The second-order valence-electron chi connectivity index (χ2n) is 6.42. The number of nitrogens with zero attached hydrogens (tertiary/aromatic N) is 1. The topological polar surface area (TPSA) is 12.9 Å². The van der Waals surface area contributed by atoms with Crippen molar-refractivity contribution >= 4 is 24.5 Å². The molecule has 0 saturated heterocycles. The standard InChI is InChI=1S/C19H20FNSi/c1-13-10-14(2)12-15(11-13)17-9-8-16-18(21-17)6-5-7-19(16)22(3,4)20/h5-12H,1-4H3. The molecular weight excluding hydrogens is 289 g/mol.